The van der Waals surface area contributed by atoms with Crippen molar-refractivity contribution in [1.29, 1.82) is 0 Å². The molecule has 0 amide bonds. The Kier molecular flexibility index (Phi) is 7.50. The zero-order chi connectivity index (χ0) is 22.7. The van der Waals surface area contributed by atoms with Gasteiger partial charge in [0.2, 0.25) is 0 Å². The van der Waals surface area contributed by atoms with Gasteiger partial charge in [0.05, 0.1) is 26.2 Å². The third kappa shape index (κ3) is 4.77. The van der Waals surface area contributed by atoms with Crippen LogP contribution in [0.5, 0.6) is 0 Å². The van der Waals surface area contributed by atoms with E-state index in [0.29, 0.717) is 13.1 Å². The molecule has 2 rings (SSSR count). The summed E-state index contributed by atoms with van der Waals surface area (Å²) >= 11 is 0. The van der Waals surface area contributed by atoms with Crippen molar-refractivity contribution in [3.8, 4) is 0 Å². The van der Waals surface area contributed by atoms with Crippen molar-refractivity contribution in [2.75, 3.05) is 20.8 Å². The molecule has 0 N–H and O–H groups in total. The molecule has 1 aromatic rings. The Morgan fingerprint density at radius 1 is 1.17 bits per heavy atom. The minimum absolute atomic E-state index is 0.0242. The van der Waals surface area contributed by atoms with E-state index < -0.39 is 37.9 Å². The van der Waals surface area contributed by atoms with Crippen molar-refractivity contribution >= 4 is 20.3 Å². The zero-order valence-electron chi connectivity index (χ0n) is 19.4. The maximum absolute atomic E-state index is 12.9. The fourth-order valence-electron chi connectivity index (χ4n) is 3.51. The molecule has 1 aliphatic rings. The van der Waals surface area contributed by atoms with E-state index in [-0.39, 0.29) is 5.04 Å². The van der Waals surface area contributed by atoms with E-state index in [2.05, 4.69) is 33.9 Å². The largest absolute Gasteiger partial charge is 0.466 e. The molecule has 0 saturated carbocycles. The smallest absolute Gasteiger partial charge is 0.352 e. The molecule has 1 fully saturated rings. The van der Waals surface area contributed by atoms with Crippen molar-refractivity contribution < 1.29 is 28.3 Å². The van der Waals surface area contributed by atoms with Gasteiger partial charge in [-0.25, -0.2) is 9.59 Å². The molecule has 168 valence electrons. The number of benzene rings is 1. The lowest BCUT2D eigenvalue weighted by atomic mass is 9.84. The first kappa shape index (κ1) is 24.5. The van der Waals surface area contributed by atoms with E-state index >= 15 is 0 Å². The third-order valence-corrected chi connectivity index (χ3v) is 10.8. The van der Waals surface area contributed by atoms with Gasteiger partial charge in [-0.3, -0.25) is 4.84 Å². The van der Waals surface area contributed by atoms with Crippen molar-refractivity contribution in [2.45, 2.75) is 64.1 Å². The number of carbonyl (C=O) groups is 2. The van der Waals surface area contributed by atoms with Crippen LogP contribution in [0.15, 0.2) is 30.3 Å². The quantitative estimate of drug-likeness (QED) is 0.367. The van der Waals surface area contributed by atoms with Crippen LogP contribution in [0.2, 0.25) is 18.1 Å². The maximum Gasteiger partial charge on any atom is 0.352 e. The normalized spacial score (nSPS) is 20.6. The van der Waals surface area contributed by atoms with Crippen molar-refractivity contribution in [3.63, 3.8) is 0 Å². The highest BCUT2D eigenvalue weighted by Crippen LogP contribution is 2.42. The van der Waals surface area contributed by atoms with Crippen molar-refractivity contribution in [2.24, 2.45) is 5.92 Å². The van der Waals surface area contributed by atoms with E-state index in [4.69, 9.17) is 18.7 Å². The average Bonchev–Trinajstić information content (AvgIpc) is 3.06. The number of carbonyl (C=O) groups excluding carboxylic acids is 2. The van der Waals surface area contributed by atoms with Gasteiger partial charge < -0.3 is 13.9 Å². The first-order valence-electron chi connectivity index (χ1n) is 10.2. The SMILES string of the molecule is COC(=O)C1(C(=O)OC)ON(Cc2ccccc2)C[C@@H]1[C@H](C)O[Si](C)(C)C(C)(C)C. The topological polar surface area (TPSA) is 74.3 Å². The number of methoxy groups -OCH3 is 2. The first-order chi connectivity index (χ1) is 13.9. The van der Waals surface area contributed by atoms with Crippen LogP contribution in [0.3, 0.4) is 0 Å². The van der Waals surface area contributed by atoms with Crippen molar-refractivity contribution in [1.82, 2.24) is 5.06 Å². The van der Waals surface area contributed by atoms with E-state index in [9.17, 15) is 9.59 Å². The van der Waals surface area contributed by atoms with Gasteiger partial charge in [0.1, 0.15) is 0 Å². The molecule has 1 saturated heterocycles. The molecule has 1 aromatic carbocycles. The fourth-order valence-corrected chi connectivity index (χ4v) is 4.95. The Balaban J connectivity index is 2.41. The van der Waals surface area contributed by atoms with Crippen LogP contribution in [0.25, 0.3) is 0 Å². The van der Waals surface area contributed by atoms with Gasteiger partial charge in [0, 0.05) is 13.1 Å². The van der Waals surface area contributed by atoms with E-state index in [0.717, 1.165) is 5.56 Å². The van der Waals surface area contributed by atoms with Gasteiger partial charge in [0.25, 0.3) is 5.60 Å². The fraction of sp³-hybridized carbons (Fsp3) is 0.636. The van der Waals surface area contributed by atoms with E-state index in [1.807, 2.05) is 37.3 Å². The van der Waals surface area contributed by atoms with Crippen LogP contribution in [-0.4, -0.2) is 57.8 Å². The molecule has 0 unspecified atom stereocenters. The summed E-state index contributed by atoms with van der Waals surface area (Å²) in [7, 11) is 0.323. The number of hydroxylamine groups is 2. The number of hydrogen-bond donors (Lipinski definition) is 0. The molecule has 0 spiro atoms. The van der Waals surface area contributed by atoms with Crippen molar-refractivity contribution in [3.05, 3.63) is 35.9 Å². The van der Waals surface area contributed by atoms with Gasteiger partial charge in [-0.1, -0.05) is 51.1 Å². The predicted octanol–water partition coefficient (Wildman–Crippen LogP) is 3.55. The first-order valence-corrected chi connectivity index (χ1v) is 13.1. The molecule has 0 radical (unpaired) electrons. The third-order valence-electron chi connectivity index (χ3n) is 6.23. The molecule has 8 heteroatoms. The minimum atomic E-state index is -2.16. The van der Waals surface area contributed by atoms with Crippen LogP contribution in [0.1, 0.15) is 33.3 Å². The molecular formula is C22H35NO6Si. The summed E-state index contributed by atoms with van der Waals surface area (Å²) < 4.78 is 16.5. The van der Waals surface area contributed by atoms with Gasteiger partial charge in [0.15, 0.2) is 8.32 Å². The van der Waals surface area contributed by atoms with Gasteiger partial charge >= 0.3 is 11.9 Å². The molecule has 1 heterocycles. The second kappa shape index (κ2) is 9.17. The van der Waals surface area contributed by atoms with Gasteiger partial charge in [-0.2, -0.15) is 5.06 Å². The van der Waals surface area contributed by atoms with Crippen LogP contribution in [-0.2, 0) is 34.9 Å². The van der Waals surface area contributed by atoms with E-state index in [1.165, 1.54) is 14.2 Å². The molecule has 0 aromatic heterocycles. The Hall–Kier alpha value is -1.74. The average molecular weight is 438 g/mol. The summed E-state index contributed by atoms with van der Waals surface area (Å²) in [5.74, 6) is -2.14. The lowest BCUT2D eigenvalue weighted by Gasteiger charge is -2.41. The number of ether oxygens (including phenoxy) is 2. The summed E-state index contributed by atoms with van der Waals surface area (Å²) in [6.07, 6.45) is -0.426. The minimum Gasteiger partial charge on any atom is -0.466 e. The van der Waals surface area contributed by atoms with Gasteiger partial charge in [-0.05, 0) is 30.6 Å². The maximum atomic E-state index is 12.9. The predicted molar refractivity (Wildman–Crippen MR) is 116 cm³/mol. The second-order valence-electron chi connectivity index (χ2n) is 9.31. The summed E-state index contributed by atoms with van der Waals surface area (Å²) in [4.78, 5) is 31.8. The Bertz CT molecular complexity index is 730. The molecule has 2 atom stereocenters. The Labute approximate surface area is 180 Å². The Morgan fingerprint density at radius 3 is 2.17 bits per heavy atom. The summed E-state index contributed by atoms with van der Waals surface area (Å²) in [5, 5.41) is 1.60. The number of rotatable bonds is 7. The van der Waals surface area contributed by atoms with Crippen LogP contribution in [0, 0.1) is 5.92 Å². The molecular weight excluding hydrogens is 402 g/mol. The van der Waals surface area contributed by atoms with Crippen LogP contribution < -0.4 is 0 Å². The lowest BCUT2D eigenvalue weighted by Crippen LogP contribution is -2.58. The van der Waals surface area contributed by atoms with Crippen LogP contribution in [0.4, 0.5) is 0 Å². The van der Waals surface area contributed by atoms with E-state index in [1.54, 1.807) is 5.06 Å². The zero-order valence-corrected chi connectivity index (χ0v) is 20.4. The standard InChI is InChI=1S/C22H35NO6Si/c1-16(28-30(7,8)21(2,3)4)18-15-23(14-17-12-10-9-11-13-17)29-22(18,19(24)26-5)20(25)27-6/h9-13,16,18H,14-15H2,1-8H3/t16-,18+/m0/s1. The monoisotopic (exact) mass is 437 g/mol. The number of nitrogens with zero attached hydrogens (tertiary/aromatic N) is 1. The lowest BCUT2D eigenvalue weighted by molar-refractivity contribution is -0.230. The van der Waals surface area contributed by atoms with Crippen LogP contribution >= 0.6 is 0 Å². The molecule has 30 heavy (non-hydrogen) atoms. The second-order valence-corrected chi connectivity index (χ2v) is 14.1. The number of hydrogen-bond acceptors (Lipinski definition) is 7. The van der Waals surface area contributed by atoms with Gasteiger partial charge in [-0.15, -0.1) is 0 Å². The molecule has 0 bridgehead atoms. The molecule has 7 nitrogen and oxygen atoms in total. The molecule has 0 aliphatic carbocycles. The summed E-state index contributed by atoms with van der Waals surface area (Å²) in [5.41, 5.74) is -0.903. The summed E-state index contributed by atoms with van der Waals surface area (Å²) in [6, 6.07) is 9.72. The number of esters is 2. The molecule has 1 aliphatic heterocycles. The highest BCUT2D eigenvalue weighted by Gasteiger charge is 2.64. The summed E-state index contributed by atoms with van der Waals surface area (Å²) in [6.45, 7) is 13.3. The highest BCUT2D eigenvalue weighted by atomic mass is 28.4. The Morgan fingerprint density at radius 2 is 1.70 bits per heavy atom. The highest BCUT2D eigenvalue weighted by molar-refractivity contribution is 6.74.